The van der Waals surface area contributed by atoms with Crippen LogP contribution in [0.5, 0.6) is 0 Å². The second kappa shape index (κ2) is 4.99. The van der Waals surface area contributed by atoms with Crippen molar-refractivity contribution in [3.8, 4) is 0 Å². The summed E-state index contributed by atoms with van der Waals surface area (Å²) in [4.78, 5) is 8.58. The molecule has 1 rings (SSSR count). The highest BCUT2D eigenvalue weighted by atomic mass is 35.5. The number of alkyl halides is 2. The van der Waals surface area contributed by atoms with Gasteiger partial charge in [0.05, 0.1) is 16.9 Å². The Morgan fingerprint density at radius 3 is 2.47 bits per heavy atom. The highest BCUT2D eigenvalue weighted by molar-refractivity contribution is 6.22. The summed E-state index contributed by atoms with van der Waals surface area (Å²) in [6, 6.07) is 0. The molecule has 0 amide bonds. The third-order valence-electron chi connectivity index (χ3n) is 2.09. The van der Waals surface area contributed by atoms with Crippen molar-refractivity contribution in [2.75, 3.05) is 17.1 Å². The van der Waals surface area contributed by atoms with Crippen molar-refractivity contribution < 1.29 is 0 Å². The van der Waals surface area contributed by atoms with E-state index in [1.54, 1.807) is 6.20 Å². The van der Waals surface area contributed by atoms with E-state index < -0.39 is 0 Å². The van der Waals surface area contributed by atoms with Gasteiger partial charge in [0.25, 0.3) is 0 Å². The van der Waals surface area contributed by atoms with Crippen molar-refractivity contribution in [2.45, 2.75) is 26.3 Å². The molecule has 0 unspecified atom stereocenters. The molecule has 0 aliphatic rings. The van der Waals surface area contributed by atoms with Gasteiger partial charge in [0.2, 0.25) is 0 Å². The number of anilines is 1. The minimum absolute atomic E-state index is 0.351. The first-order valence-corrected chi connectivity index (χ1v) is 5.78. The van der Waals surface area contributed by atoms with E-state index in [0.717, 1.165) is 17.2 Å². The maximum absolute atomic E-state index is 5.86. The Kier molecular flexibility index (Phi) is 4.17. The van der Waals surface area contributed by atoms with Gasteiger partial charge in [-0.15, -0.1) is 23.2 Å². The number of aromatic nitrogens is 2. The molecular formula is C10H15Cl2N3. The molecule has 1 N–H and O–H groups in total. The van der Waals surface area contributed by atoms with Gasteiger partial charge in [-0.3, -0.25) is 4.98 Å². The van der Waals surface area contributed by atoms with E-state index >= 15 is 0 Å². The lowest BCUT2D eigenvalue weighted by atomic mass is 10.1. The zero-order valence-electron chi connectivity index (χ0n) is 9.14. The number of nitrogens with one attached hydrogen (secondary N) is 1. The lowest BCUT2D eigenvalue weighted by Crippen LogP contribution is -2.39. The van der Waals surface area contributed by atoms with Crippen LogP contribution < -0.4 is 5.32 Å². The molecule has 15 heavy (non-hydrogen) atoms. The quantitative estimate of drug-likeness (QED) is 0.832. The molecule has 0 spiro atoms. The average molecular weight is 248 g/mol. The van der Waals surface area contributed by atoms with Crippen LogP contribution in [0.25, 0.3) is 0 Å². The highest BCUT2D eigenvalue weighted by Crippen LogP contribution is 2.18. The van der Waals surface area contributed by atoms with Crippen LogP contribution >= 0.6 is 23.2 Å². The Labute approximate surface area is 100 Å². The Balaban J connectivity index is 2.92. The molecule has 0 saturated carbocycles. The first kappa shape index (κ1) is 12.5. The van der Waals surface area contributed by atoms with E-state index in [2.05, 4.69) is 15.3 Å². The first-order valence-electron chi connectivity index (χ1n) is 4.71. The molecule has 0 fully saturated rings. The molecule has 0 aromatic carbocycles. The molecule has 0 radical (unpaired) electrons. The van der Waals surface area contributed by atoms with Crippen molar-refractivity contribution in [2.24, 2.45) is 0 Å². The third kappa shape index (κ3) is 3.21. The Bertz CT molecular complexity index is 337. The van der Waals surface area contributed by atoms with Gasteiger partial charge in [0.15, 0.2) is 0 Å². The zero-order valence-corrected chi connectivity index (χ0v) is 10.7. The van der Waals surface area contributed by atoms with Gasteiger partial charge in [0, 0.05) is 18.0 Å². The summed E-state index contributed by atoms with van der Waals surface area (Å²) in [7, 11) is 0. The predicted octanol–water partition coefficient (Wildman–Crippen LogP) is 2.74. The molecule has 0 aliphatic carbocycles. The number of nitrogens with zero attached hydrogens (tertiary/aromatic N) is 2. The molecule has 0 atom stereocenters. The smallest absolute Gasteiger partial charge is 0.148 e. The van der Waals surface area contributed by atoms with Crippen LogP contribution in [0.15, 0.2) is 6.20 Å². The Morgan fingerprint density at radius 2 is 1.93 bits per heavy atom. The summed E-state index contributed by atoms with van der Waals surface area (Å²) < 4.78 is 0. The second-order valence-electron chi connectivity index (χ2n) is 3.90. The largest absolute Gasteiger partial charge is 0.361 e. The van der Waals surface area contributed by atoms with Crippen LogP contribution in [0.1, 0.15) is 18.3 Å². The second-order valence-corrected chi connectivity index (χ2v) is 4.43. The molecule has 5 heteroatoms. The normalized spacial score (nSPS) is 11.5. The minimum Gasteiger partial charge on any atom is -0.361 e. The van der Waals surface area contributed by atoms with Crippen LogP contribution in [0.4, 0.5) is 5.82 Å². The highest BCUT2D eigenvalue weighted by Gasteiger charge is 2.23. The number of aryl methyl sites for hydroxylation is 2. The number of rotatable bonds is 4. The number of hydrogen-bond donors (Lipinski definition) is 1. The van der Waals surface area contributed by atoms with Gasteiger partial charge < -0.3 is 5.32 Å². The Morgan fingerprint density at radius 1 is 1.33 bits per heavy atom. The molecule has 84 valence electrons. The summed E-state index contributed by atoms with van der Waals surface area (Å²) >= 11 is 11.7. The number of hydrogen-bond acceptors (Lipinski definition) is 3. The topological polar surface area (TPSA) is 37.8 Å². The average Bonchev–Trinajstić information content (AvgIpc) is 2.23. The van der Waals surface area contributed by atoms with Gasteiger partial charge >= 0.3 is 0 Å². The van der Waals surface area contributed by atoms with Gasteiger partial charge in [0.1, 0.15) is 5.82 Å². The molecule has 1 aromatic rings. The Hall–Kier alpha value is -0.540. The lowest BCUT2D eigenvalue weighted by Gasteiger charge is -2.27. The van der Waals surface area contributed by atoms with Crippen molar-refractivity contribution in [3.05, 3.63) is 17.6 Å². The summed E-state index contributed by atoms with van der Waals surface area (Å²) in [6.07, 6.45) is 1.74. The summed E-state index contributed by atoms with van der Waals surface area (Å²) in [5.74, 6) is 1.59. The van der Waals surface area contributed by atoms with Crippen molar-refractivity contribution >= 4 is 29.0 Å². The zero-order chi connectivity index (χ0) is 11.5. The van der Waals surface area contributed by atoms with Crippen LogP contribution in [-0.2, 0) is 0 Å². The minimum atomic E-state index is -0.351. The first-order chi connectivity index (χ1) is 7.00. The fourth-order valence-corrected chi connectivity index (χ4v) is 1.46. The van der Waals surface area contributed by atoms with Crippen LogP contribution in [0.2, 0.25) is 0 Å². The van der Waals surface area contributed by atoms with E-state index in [0.29, 0.717) is 11.8 Å². The van der Waals surface area contributed by atoms with Gasteiger partial charge in [-0.1, -0.05) is 0 Å². The van der Waals surface area contributed by atoms with E-state index in [1.165, 1.54) is 0 Å². The van der Waals surface area contributed by atoms with Gasteiger partial charge in [-0.25, -0.2) is 4.98 Å². The maximum Gasteiger partial charge on any atom is 0.148 e. The van der Waals surface area contributed by atoms with Gasteiger partial charge in [-0.2, -0.15) is 0 Å². The fourth-order valence-electron chi connectivity index (χ4n) is 1.04. The van der Waals surface area contributed by atoms with Gasteiger partial charge in [-0.05, 0) is 20.8 Å². The summed E-state index contributed by atoms with van der Waals surface area (Å²) in [5, 5.41) is 3.23. The standard InChI is InChI=1S/C10H15Cl2N3/c1-7-4-13-8(2)9(14-7)15-10(3,5-11)6-12/h4H,5-6H2,1-3H3,(H,14,15). The molecule has 3 nitrogen and oxygen atoms in total. The summed E-state index contributed by atoms with van der Waals surface area (Å²) in [5.41, 5.74) is 1.37. The van der Waals surface area contributed by atoms with E-state index in [-0.39, 0.29) is 5.54 Å². The molecule has 1 heterocycles. The molecular weight excluding hydrogens is 233 g/mol. The van der Waals surface area contributed by atoms with Crippen molar-refractivity contribution in [3.63, 3.8) is 0 Å². The van der Waals surface area contributed by atoms with E-state index in [9.17, 15) is 0 Å². The molecule has 0 bridgehead atoms. The van der Waals surface area contributed by atoms with Crippen LogP contribution in [0.3, 0.4) is 0 Å². The predicted molar refractivity (Wildman–Crippen MR) is 65.0 cm³/mol. The van der Waals surface area contributed by atoms with Crippen LogP contribution in [-0.4, -0.2) is 27.3 Å². The number of halogens is 2. The third-order valence-corrected chi connectivity index (χ3v) is 3.27. The van der Waals surface area contributed by atoms with E-state index in [1.807, 2.05) is 20.8 Å². The van der Waals surface area contributed by atoms with Crippen molar-refractivity contribution in [1.29, 1.82) is 0 Å². The molecule has 0 aliphatic heterocycles. The molecule has 0 saturated heterocycles. The van der Waals surface area contributed by atoms with Crippen LogP contribution in [0, 0.1) is 13.8 Å². The summed E-state index contributed by atoms with van der Waals surface area (Å²) in [6.45, 7) is 5.75. The lowest BCUT2D eigenvalue weighted by molar-refractivity contribution is 0.642. The maximum atomic E-state index is 5.86. The van der Waals surface area contributed by atoms with Crippen molar-refractivity contribution in [1.82, 2.24) is 9.97 Å². The SMILES string of the molecule is Cc1cnc(C)c(NC(C)(CCl)CCl)n1. The molecule has 1 aromatic heterocycles. The van der Waals surface area contributed by atoms with E-state index in [4.69, 9.17) is 23.2 Å². The monoisotopic (exact) mass is 247 g/mol. The fraction of sp³-hybridized carbons (Fsp3) is 0.600.